The summed E-state index contributed by atoms with van der Waals surface area (Å²) in [7, 11) is 0. The summed E-state index contributed by atoms with van der Waals surface area (Å²) in [6.07, 6.45) is 4.09. The summed E-state index contributed by atoms with van der Waals surface area (Å²) in [6, 6.07) is 10.3. The van der Waals surface area contributed by atoms with Crippen LogP contribution in [0.4, 0.5) is 0 Å². The van der Waals surface area contributed by atoms with Gasteiger partial charge in [0.25, 0.3) is 0 Å². The molecular weight excluding hydrogens is 248 g/mol. The molecule has 3 nitrogen and oxygen atoms in total. The molecule has 1 saturated heterocycles. The Balaban J connectivity index is 1.56. The van der Waals surface area contributed by atoms with Crippen LogP contribution in [0.5, 0.6) is 0 Å². The SMILES string of the molecule is CC1CCN(CCC(=O)NCCc2ccccc2)CC1. The van der Waals surface area contributed by atoms with Gasteiger partial charge < -0.3 is 10.2 Å². The third kappa shape index (κ3) is 5.33. The van der Waals surface area contributed by atoms with Gasteiger partial charge >= 0.3 is 0 Å². The van der Waals surface area contributed by atoms with Gasteiger partial charge in [-0.05, 0) is 43.8 Å². The molecule has 1 aliphatic heterocycles. The molecule has 0 atom stereocenters. The molecule has 1 N–H and O–H groups in total. The third-order valence-electron chi connectivity index (χ3n) is 4.11. The first-order valence-electron chi connectivity index (χ1n) is 7.77. The molecule has 3 heteroatoms. The number of likely N-dealkylation sites (tertiary alicyclic amines) is 1. The number of nitrogens with one attached hydrogen (secondary N) is 1. The highest BCUT2D eigenvalue weighted by atomic mass is 16.1. The van der Waals surface area contributed by atoms with Gasteiger partial charge in [-0.3, -0.25) is 4.79 Å². The van der Waals surface area contributed by atoms with E-state index in [1.54, 1.807) is 0 Å². The van der Waals surface area contributed by atoms with E-state index in [0.29, 0.717) is 6.42 Å². The predicted octanol–water partition coefficient (Wildman–Crippen LogP) is 2.47. The number of rotatable bonds is 6. The van der Waals surface area contributed by atoms with E-state index in [1.165, 1.54) is 18.4 Å². The van der Waals surface area contributed by atoms with Gasteiger partial charge in [0.2, 0.25) is 5.91 Å². The van der Waals surface area contributed by atoms with Crippen molar-refractivity contribution in [2.45, 2.75) is 32.6 Å². The van der Waals surface area contributed by atoms with Crippen molar-refractivity contribution >= 4 is 5.91 Å². The molecule has 1 aromatic rings. The van der Waals surface area contributed by atoms with E-state index in [9.17, 15) is 4.79 Å². The minimum Gasteiger partial charge on any atom is -0.356 e. The van der Waals surface area contributed by atoms with Gasteiger partial charge in [-0.1, -0.05) is 37.3 Å². The van der Waals surface area contributed by atoms with Crippen molar-refractivity contribution in [1.29, 1.82) is 0 Å². The van der Waals surface area contributed by atoms with Crippen molar-refractivity contribution in [1.82, 2.24) is 10.2 Å². The van der Waals surface area contributed by atoms with Crippen molar-refractivity contribution in [3.8, 4) is 0 Å². The van der Waals surface area contributed by atoms with Crippen LogP contribution in [0.1, 0.15) is 31.7 Å². The molecule has 1 fully saturated rings. The van der Waals surface area contributed by atoms with Crippen LogP contribution in [-0.4, -0.2) is 37.0 Å². The van der Waals surface area contributed by atoms with E-state index in [4.69, 9.17) is 0 Å². The van der Waals surface area contributed by atoms with Gasteiger partial charge in [0, 0.05) is 19.5 Å². The molecule has 20 heavy (non-hydrogen) atoms. The maximum Gasteiger partial charge on any atom is 0.221 e. The van der Waals surface area contributed by atoms with Crippen LogP contribution in [0.15, 0.2) is 30.3 Å². The minimum absolute atomic E-state index is 0.180. The number of hydrogen-bond acceptors (Lipinski definition) is 2. The van der Waals surface area contributed by atoms with E-state index in [1.807, 2.05) is 18.2 Å². The quantitative estimate of drug-likeness (QED) is 0.864. The summed E-state index contributed by atoms with van der Waals surface area (Å²) < 4.78 is 0. The molecule has 0 aromatic heterocycles. The normalized spacial score (nSPS) is 17.1. The highest BCUT2D eigenvalue weighted by Gasteiger charge is 2.15. The molecule has 0 spiro atoms. The minimum atomic E-state index is 0.180. The number of amides is 1. The lowest BCUT2D eigenvalue weighted by Crippen LogP contribution is -2.36. The van der Waals surface area contributed by atoms with Gasteiger partial charge in [0.1, 0.15) is 0 Å². The Morgan fingerprint density at radius 1 is 1.25 bits per heavy atom. The number of hydrogen-bond donors (Lipinski definition) is 1. The molecule has 2 rings (SSSR count). The second-order valence-electron chi connectivity index (χ2n) is 5.86. The van der Waals surface area contributed by atoms with Crippen molar-refractivity contribution in [2.75, 3.05) is 26.2 Å². The molecule has 1 aliphatic rings. The average molecular weight is 274 g/mol. The van der Waals surface area contributed by atoms with Crippen LogP contribution >= 0.6 is 0 Å². The van der Waals surface area contributed by atoms with E-state index in [0.717, 1.165) is 38.5 Å². The number of carbonyl (C=O) groups excluding carboxylic acids is 1. The zero-order valence-electron chi connectivity index (χ0n) is 12.5. The second-order valence-corrected chi connectivity index (χ2v) is 5.86. The zero-order chi connectivity index (χ0) is 14.2. The summed E-state index contributed by atoms with van der Waals surface area (Å²) in [6.45, 7) is 6.26. The molecule has 0 bridgehead atoms. The summed E-state index contributed by atoms with van der Waals surface area (Å²) in [5, 5.41) is 3.01. The van der Waals surface area contributed by atoms with E-state index >= 15 is 0 Å². The number of benzene rings is 1. The standard InChI is InChI=1S/C17H26N2O/c1-15-8-12-19(13-9-15)14-10-17(20)18-11-7-16-5-3-2-4-6-16/h2-6,15H,7-14H2,1H3,(H,18,20). The summed E-state index contributed by atoms with van der Waals surface area (Å²) in [5.74, 6) is 1.03. The summed E-state index contributed by atoms with van der Waals surface area (Å²) >= 11 is 0. The van der Waals surface area contributed by atoms with Crippen LogP contribution in [0, 0.1) is 5.92 Å². The Kier molecular flexibility index (Phi) is 6.06. The van der Waals surface area contributed by atoms with Gasteiger partial charge in [0.05, 0.1) is 0 Å². The fourth-order valence-electron chi connectivity index (χ4n) is 2.62. The van der Waals surface area contributed by atoms with Crippen molar-refractivity contribution in [3.63, 3.8) is 0 Å². The van der Waals surface area contributed by atoms with E-state index < -0.39 is 0 Å². The highest BCUT2D eigenvalue weighted by molar-refractivity contribution is 5.76. The first-order chi connectivity index (χ1) is 9.74. The van der Waals surface area contributed by atoms with Crippen LogP contribution in [-0.2, 0) is 11.2 Å². The third-order valence-corrected chi connectivity index (χ3v) is 4.11. The molecule has 1 amide bonds. The Bertz CT molecular complexity index is 397. The Hall–Kier alpha value is -1.35. The van der Waals surface area contributed by atoms with Crippen LogP contribution in [0.2, 0.25) is 0 Å². The second kappa shape index (κ2) is 8.05. The summed E-state index contributed by atoms with van der Waals surface area (Å²) in [5.41, 5.74) is 1.28. The molecular formula is C17H26N2O. The Morgan fingerprint density at radius 3 is 2.65 bits per heavy atom. The largest absolute Gasteiger partial charge is 0.356 e. The fraction of sp³-hybridized carbons (Fsp3) is 0.588. The van der Waals surface area contributed by atoms with E-state index in [2.05, 4.69) is 29.3 Å². The maximum atomic E-state index is 11.8. The molecule has 0 unspecified atom stereocenters. The molecule has 110 valence electrons. The van der Waals surface area contributed by atoms with Crippen molar-refractivity contribution in [3.05, 3.63) is 35.9 Å². The lowest BCUT2D eigenvalue weighted by molar-refractivity contribution is -0.121. The molecule has 0 radical (unpaired) electrons. The molecule has 1 heterocycles. The van der Waals surface area contributed by atoms with Gasteiger partial charge in [-0.15, -0.1) is 0 Å². The monoisotopic (exact) mass is 274 g/mol. The first-order valence-corrected chi connectivity index (χ1v) is 7.77. The number of carbonyl (C=O) groups is 1. The van der Waals surface area contributed by atoms with Gasteiger partial charge in [-0.2, -0.15) is 0 Å². The fourth-order valence-corrected chi connectivity index (χ4v) is 2.62. The average Bonchev–Trinajstić information content (AvgIpc) is 2.48. The van der Waals surface area contributed by atoms with Gasteiger partial charge in [-0.25, -0.2) is 0 Å². The first kappa shape index (κ1) is 15.0. The Labute approximate surface area is 122 Å². The summed E-state index contributed by atoms with van der Waals surface area (Å²) in [4.78, 5) is 14.2. The number of piperidine rings is 1. The Morgan fingerprint density at radius 2 is 1.95 bits per heavy atom. The van der Waals surface area contributed by atoms with Crippen molar-refractivity contribution < 1.29 is 4.79 Å². The molecule has 1 aromatic carbocycles. The topological polar surface area (TPSA) is 32.3 Å². The highest BCUT2D eigenvalue weighted by Crippen LogP contribution is 2.15. The lowest BCUT2D eigenvalue weighted by atomic mass is 9.99. The van der Waals surface area contributed by atoms with Gasteiger partial charge in [0.15, 0.2) is 0 Å². The molecule has 0 aliphatic carbocycles. The maximum absolute atomic E-state index is 11.8. The van der Waals surface area contributed by atoms with Crippen LogP contribution < -0.4 is 5.32 Å². The zero-order valence-corrected chi connectivity index (χ0v) is 12.5. The van der Waals surface area contributed by atoms with Crippen LogP contribution in [0.3, 0.4) is 0 Å². The van der Waals surface area contributed by atoms with Crippen LogP contribution in [0.25, 0.3) is 0 Å². The number of nitrogens with zero attached hydrogens (tertiary/aromatic N) is 1. The van der Waals surface area contributed by atoms with Crippen molar-refractivity contribution in [2.24, 2.45) is 5.92 Å². The predicted molar refractivity (Wildman–Crippen MR) is 82.6 cm³/mol. The smallest absolute Gasteiger partial charge is 0.221 e. The van der Waals surface area contributed by atoms with E-state index in [-0.39, 0.29) is 5.91 Å². The lowest BCUT2D eigenvalue weighted by Gasteiger charge is -2.29. The molecule has 0 saturated carbocycles.